The highest BCUT2D eigenvalue weighted by Crippen LogP contribution is 2.21. The molecule has 3 heterocycles. The van der Waals surface area contributed by atoms with Crippen LogP contribution < -0.4 is 0 Å². The van der Waals surface area contributed by atoms with Gasteiger partial charge >= 0.3 is 0 Å². The molecule has 1 amide bonds. The molecule has 0 saturated carbocycles. The highest BCUT2D eigenvalue weighted by molar-refractivity contribution is 5.77. The van der Waals surface area contributed by atoms with Crippen LogP contribution in [0.25, 0.3) is 11.5 Å². The van der Waals surface area contributed by atoms with Crippen LogP contribution in [0.2, 0.25) is 0 Å². The molecule has 0 atom stereocenters. The maximum Gasteiger partial charge on any atom is 0.248 e. The monoisotopic (exact) mass is 338 g/mol. The van der Waals surface area contributed by atoms with Crippen LogP contribution in [0.15, 0.2) is 57.7 Å². The molecule has 6 heteroatoms. The minimum absolute atomic E-state index is 0.00995. The van der Waals surface area contributed by atoms with E-state index in [1.807, 2.05) is 17.0 Å². The zero-order chi connectivity index (χ0) is 17.1. The molecule has 6 nitrogen and oxygen atoms in total. The molecule has 0 fully saturated rings. The molecule has 25 heavy (non-hydrogen) atoms. The summed E-state index contributed by atoms with van der Waals surface area (Å²) in [7, 11) is 0. The van der Waals surface area contributed by atoms with Crippen LogP contribution in [-0.2, 0) is 29.1 Å². The predicted octanol–water partition coefficient (Wildman–Crippen LogP) is 3.04. The Labute approximate surface area is 145 Å². The second-order valence-corrected chi connectivity index (χ2v) is 5.99. The molecule has 0 spiro atoms. The Morgan fingerprint density at radius 2 is 2.04 bits per heavy atom. The molecule has 0 unspecified atom stereocenters. The minimum atomic E-state index is -0.00995. The molecule has 1 aliphatic rings. The third-order valence-electron chi connectivity index (χ3n) is 4.28. The average molecular weight is 338 g/mol. The Hall–Kier alpha value is -2.86. The summed E-state index contributed by atoms with van der Waals surface area (Å²) in [5, 5.41) is 3.93. The van der Waals surface area contributed by atoms with Gasteiger partial charge in [0.1, 0.15) is 12.3 Å². The third kappa shape index (κ3) is 3.49. The van der Waals surface area contributed by atoms with E-state index in [4.69, 9.17) is 13.7 Å². The summed E-state index contributed by atoms with van der Waals surface area (Å²) < 4.78 is 16.0. The number of nitrogens with zero attached hydrogens (tertiary/aromatic N) is 2. The first-order valence-electron chi connectivity index (χ1n) is 8.21. The molecule has 1 aromatic carbocycles. The lowest BCUT2D eigenvalue weighted by molar-refractivity contribution is -0.137. The van der Waals surface area contributed by atoms with Crippen LogP contribution in [-0.4, -0.2) is 29.1 Å². The quantitative estimate of drug-likeness (QED) is 0.715. The smallest absolute Gasteiger partial charge is 0.248 e. The fraction of sp³-hybridized carbons (Fsp3) is 0.263. The SMILES string of the molecule is O=C(COCc1cc(-c2ccco2)on1)N1CCc2ccccc2C1. The van der Waals surface area contributed by atoms with Gasteiger partial charge in [-0.3, -0.25) is 4.79 Å². The van der Waals surface area contributed by atoms with Gasteiger partial charge in [-0.15, -0.1) is 0 Å². The molecule has 4 rings (SSSR count). The van der Waals surface area contributed by atoms with Gasteiger partial charge in [-0.05, 0) is 29.7 Å². The van der Waals surface area contributed by atoms with Gasteiger partial charge in [0.2, 0.25) is 11.7 Å². The summed E-state index contributed by atoms with van der Waals surface area (Å²) in [6.45, 7) is 1.63. The maximum atomic E-state index is 12.3. The lowest BCUT2D eigenvalue weighted by Crippen LogP contribution is -2.38. The van der Waals surface area contributed by atoms with Gasteiger partial charge in [0.25, 0.3) is 0 Å². The first-order chi connectivity index (χ1) is 12.3. The molecule has 3 aromatic rings. The second kappa shape index (κ2) is 6.94. The van der Waals surface area contributed by atoms with Crippen LogP contribution in [0.1, 0.15) is 16.8 Å². The summed E-state index contributed by atoms with van der Waals surface area (Å²) in [6.07, 6.45) is 2.46. The van der Waals surface area contributed by atoms with E-state index >= 15 is 0 Å². The summed E-state index contributed by atoms with van der Waals surface area (Å²) >= 11 is 0. The van der Waals surface area contributed by atoms with Gasteiger partial charge < -0.3 is 18.6 Å². The zero-order valence-corrected chi connectivity index (χ0v) is 13.7. The first-order valence-corrected chi connectivity index (χ1v) is 8.21. The number of benzene rings is 1. The Balaban J connectivity index is 1.28. The molecule has 2 aromatic heterocycles. The Bertz CT molecular complexity index is 854. The number of ether oxygens (including phenoxy) is 1. The van der Waals surface area contributed by atoms with Crippen molar-refractivity contribution in [1.29, 1.82) is 0 Å². The third-order valence-corrected chi connectivity index (χ3v) is 4.28. The van der Waals surface area contributed by atoms with Crippen molar-refractivity contribution < 1.29 is 18.5 Å². The normalized spacial score (nSPS) is 13.7. The van der Waals surface area contributed by atoms with Gasteiger partial charge in [-0.1, -0.05) is 29.4 Å². The number of hydrogen-bond acceptors (Lipinski definition) is 5. The Morgan fingerprint density at radius 3 is 2.88 bits per heavy atom. The van der Waals surface area contributed by atoms with Crippen molar-refractivity contribution in [3.8, 4) is 11.5 Å². The van der Waals surface area contributed by atoms with E-state index in [1.54, 1.807) is 24.5 Å². The standard InChI is InChI=1S/C19H18N2O4/c22-19(21-8-7-14-4-1-2-5-15(14)11-21)13-23-12-16-10-18(25-20-16)17-6-3-9-24-17/h1-6,9-10H,7-8,11-13H2. The molecule has 0 N–H and O–H groups in total. The molecule has 0 radical (unpaired) electrons. The van der Waals surface area contributed by atoms with Crippen molar-refractivity contribution in [2.75, 3.05) is 13.2 Å². The first kappa shape index (κ1) is 15.7. The van der Waals surface area contributed by atoms with E-state index in [1.165, 1.54) is 11.1 Å². The highest BCUT2D eigenvalue weighted by atomic mass is 16.5. The van der Waals surface area contributed by atoms with Gasteiger partial charge in [-0.25, -0.2) is 0 Å². The van der Waals surface area contributed by atoms with Gasteiger partial charge in [0.05, 0.1) is 12.9 Å². The fourth-order valence-corrected chi connectivity index (χ4v) is 2.96. The van der Waals surface area contributed by atoms with Crippen LogP contribution in [0.5, 0.6) is 0 Å². The predicted molar refractivity (Wildman–Crippen MR) is 89.4 cm³/mol. The van der Waals surface area contributed by atoms with E-state index in [9.17, 15) is 4.79 Å². The Kier molecular flexibility index (Phi) is 4.35. The lowest BCUT2D eigenvalue weighted by atomic mass is 10.00. The van der Waals surface area contributed by atoms with Gasteiger partial charge in [0, 0.05) is 19.2 Å². The van der Waals surface area contributed by atoms with Crippen LogP contribution in [0, 0.1) is 0 Å². The lowest BCUT2D eigenvalue weighted by Gasteiger charge is -2.28. The molecular weight excluding hydrogens is 320 g/mol. The summed E-state index contributed by atoms with van der Waals surface area (Å²) in [5.41, 5.74) is 3.16. The fourth-order valence-electron chi connectivity index (χ4n) is 2.96. The van der Waals surface area contributed by atoms with Crippen molar-refractivity contribution in [2.45, 2.75) is 19.6 Å². The highest BCUT2D eigenvalue weighted by Gasteiger charge is 2.20. The molecule has 1 aliphatic heterocycles. The van der Waals surface area contributed by atoms with E-state index in [-0.39, 0.29) is 19.1 Å². The molecule has 0 bridgehead atoms. The molecule has 0 aliphatic carbocycles. The van der Waals surface area contributed by atoms with E-state index in [0.717, 1.165) is 13.0 Å². The number of fused-ring (bicyclic) bond motifs is 1. The largest absolute Gasteiger partial charge is 0.461 e. The second-order valence-electron chi connectivity index (χ2n) is 5.99. The zero-order valence-electron chi connectivity index (χ0n) is 13.7. The number of rotatable bonds is 5. The van der Waals surface area contributed by atoms with Crippen molar-refractivity contribution in [2.24, 2.45) is 0 Å². The summed E-state index contributed by atoms with van der Waals surface area (Å²) in [4.78, 5) is 14.2. The van der Waals surface area contributed by atoms with Crippen LogP contribution >= 0.6 is 0 Å². The molecular formula is C19H18N2O4. The van der Waals surface area contributed by atoms with Crippen LogP contribution in [0.3, 0.4) is 0 Å². The molecule has 0 saturated heterocycles. The number of aromatic nitrogens is 1. The average Bonchev–Trinajstić information content (AvgIpc) is 3.32. The summed E-state index contributed by atoms with van der Waals surface area (Å²) in [5.74, 6) is 1.15. The van der Waals surface area contributed by atoms with Crippen LogP contribution in [0.4, 0.5) is 0 Å². The van der Waals surface area contributed by atoms with E-state index in [0.29, 0.717) is 23.8 Å². The number of furan rings is 1. The number of carbonyl (C=O) groups excluding carboxylic acids is 1. The van der Waals surface area contributed by atoms with Crippen molar-refractivity contribution in [3.05, 3.63) is 65.5 Å². The van der Waals surface area contributed by atoms with Gasteiger partial charge in [0.15, 0.2) is 5.76 Å². The number of hydrogen-bond donors (Lipinski definition) is 0. The number of amides is 1. The van der Waals surface area contributed by atoms with Crippen molar-refractivity contribution >= 4 is 5.91 Å². The van der Waals surface area contributed by atoms with Crippen molar-refractivity contribution in [1.82, 2.24) is 10.1 Å². The van der Waals surface area contributed by atoms with E-state index in [2.05, 4.69) is 17.3 Å². The molecule has 128 valence electrons. The topological polar surface area (TPSA) is 68.7 Å². The summed E-state index contributed by atoms with van der Waals surface area (Å²) in [6, 6.07) is 13.6. The number of carbonyl (C=O) groups is 1. The Morgan fingerprint density at radius 1 is 1.16 bits per heavy atom. The van der Waals surface area contributed by atoms with E-state index < -0.39 is 0 Å². The van der Waals surface area contributed by atoms with Crippen molar-refractivity contribution in [3.63, 3.8) is 0 Å². The van der Waals surface area contributed by atoms with Gasteiger partial charge in [-0.2, -0.15) is 0 Å². The minimum Gasteiger partial charge on any atom is -0.461 e. The maximum absolute atomic E-state index is 12.3.